The van der Waals surface area contributed by atoms with Crippen LogP contribution in [0.5, 0.6) is 0 Å². The Labute approximate surface area is 154 Å². The third-order valence-corrected chi connectivity index (χ3v) is 5.28. The van der Waals surface area contributed by atoms with Gasteiger partial charge in [-0.15, -0.1) is 0 Å². The van der Waals surface area contributed by atoms with Crippen molar-refractivity contribution >= 4 is 29.1 Å². The predicted molar refractivity (Wildman–Crippen MR) is 101 cm³/mol. The molecule has 134 valence electrons. The van der Waals surface area contributed by atoms with Gasteiger partial charge in [0, 0.05) is 17.3 Å². The zero-order valence-electron chi connectivity index (χ0n) is 14.6. The second-order valence-electron chi connectivity index (χ2n) is 7.05. The number of rotatable bonds is 6. The number of nitrogens with one attached hydrogen (secondary N) is 2. The fourth-order valence-electron chi connectivity index (χ4n) is 3.38. The molecule has 0 spiro atoms. The van der Waals surface area contributed by atoms with Crippen molar-refractivity contribution < 1.29 is 9.59 Å². The highest BCUT2D eigenvalue weighted by atomic mass is 35.5. The summed E-state index contributed by atoms with van der Waals surface area (Å²) in [6, 6.07) is 5.36. The van der Waals surface area contributed by atoms with Crippen molar-refractivity contribution in [2.24, 2.45) is 11.8 Å². The fourth-order valence-corrected chi connectivity index (χ4v) is 3.60. The van der Waals surface area contributed by atoms with E-state index in [0.717, 1.165) is 30.5 Å². The lowest BCUT2D eigenvalue weighted by molar-refractivity contribution is -0.125. The summed E-state index contributed by atoms with van der Waals surface area (Å²) < 4.78 is 0. The standard InChI is InChI=1S/C20H25ClN2O2/c1-13-11-15(21)7-8-18(13)23-20(25)17-12-16(17)19(24)22-10-9-14-5-3-2-4-6-14/h5,7-8,11,16-17H,2-4,6,9-10,12H2,1H3,(H,22,24)(H,23,25). The van der Waals surface area contributed by atoms with Crippen LogP contribution in [0.25, 0.3) is 0 Å². The summed E-state index contributed by atoms with van der Waals surface area (Å²) in [6.45, 7) is 2.57. The minimum absolute atomic E-state index is 0.00406. The van der Waals surface area contributed by atoms with Gasteiger partial charge in [0.1, 0.15) is 0 Å². The molecule has 25 heavy (non-hydrogen) atoms. The quantitative estimate of drug-likeness (QED) is 0.746. The monoisotopic (exact) mass is 360 g/mol. The lowest BCUT2D eigenvalue weighted by Crippen LogP contribution is -2.28. The first kappa shape index (κ1) is 18.0. The molecule has 0 radical (unpaired) electrons. The highest BCUT2D eigenvalue weighted by molar-refractivity contribution is 6.30. The van der Waals surface area contributed by atoms with Crippen LogP contribution in [-0.2, 0) is 9.59 Å². The largest absolute Gasteiger partial charge is 0.356 e. The molecule has 2 unspecified atom stereocenters. The third-order valence-electron chi connectivity index (χ3n) is 5.04. The molecule has 2 atom stereocenters. The molecule has 0 heterocycles. The number of halogens is 1. The van der Waals surface area contributed by atoms with E-state index in [1.165, 1.54) is 18.4 Å². The van der Waals surface area contributed by atoms with E-state index in [1.54, 1.807) is 12.1 Å². The predicted octanol–water partition coefficient (Wildman–Crippen LogP) is 4.23. The number of hydrogen-bond acceptors (Lipinski definition) is 2. The highest BCUT2D eigenvalue weighted by Crippen LogP contribution is 2.39. The van der Waals surface area contributed by atoms with Crippen LogP contribution in [0.15, 0.2) is 29.8 Å². The maximum atomic E-state index is 12.3. The average Bonchev–Trinajstić information content (AvgIpc) is 3.39. The van der Waals surface area contributed by atoms with Crippen molar-refractivity contribution in [1.29, 1.82) is 0 Å². The Bertz CT molecular complexity index is 699. The summed E-state index contributed by atoms with van der Waals surface area (Å²) in [7, 11) is 0. The molecule has 1 aromatic rings. The molecular weight excluding hydrogens is 336 g/mol. The van der Waals surface area contributed by atoms with Crippen LogP contribution in [0.4, 0.5) is 5.69 Å². The summed E-state index contributed by atoms with van der Waals surface area (Å²) in [5.41, 5.74) is 3.13. The molecule has 5 heteroatoms. The summed E-state index contributed by atoms with van der Waals surface area (Å²) in [4.78, 5) is 24.5. The molecule has 0 aromatic heterocycles. The molecule has 0 bridgehead atoms. The van der Waals surface area contributed by atoms with Gasteiger partial charge in [0.2, 0.25) is 11.8 Å². The van der Waals surface area contributed by atoms with Crippen molar-refractivity contribution in [3.63, 3.8) is 0 Å². The van der Waals surface area contributed by atoms with Crippen molar-refractivity contribution in [2.45, 2.75) is 45.4 Å². The second-order valence-corrected chi connectivity index (χ2v) is 7.48. The van der Waals surface area contributed by atoms with E-state index in [2.05, 4.69) is 16.7 Å². The topological polar surface area (TPSA) is 58.2 Å². The zero-order valence-corrected chi connectivity index (χ0v) is 15.4. The molecule has 2 amide bonds. The van der Waals surface area contributed by atoms with Gasteiger partial charge in [0.15, 0.2) is 0 Å². The first-order valence-corrected chi connectivity index (χ1v) is 9.45. The normalized spacial score (nSPS) is 22.1. The van der Waals surface area contributed by atoms with Crippen LogP contribution in [0.2, 0.25) is 5.02 Å². The summed E-state index contributed by atoms with van der Waals surface area (Å²) in [5, 5.41) is 6.53. The molecule has 4 nitrogen and oxygen atoms in total. The molecule has 2 aliphatic rings. The Kier molecular flexibility index (Phi) is 5.79. The summed E-state index contributed by atoms with van der Waals surface area (Å²) in [5.74, 6) is -0.484. The minimum atomic E-state index is -0.219. The highest BCUT2D eigenvalue weighted by Gasteiger charge is 2.47. The van der Waals surface area contributed by atoms with Gasteiger partial charge in [-0.3, -0.25) is 9.59 Å². The van der Waals surface area contributed by atoms with Gasteiger partial charge in [-0.2, -0.15) is 0 Å². The van der Waals surface area contributed by atoms with Gasteiger partial charge in [-0.1, -0.05) is 23.3 Å². The van der Waals surface area contributed by atoms with E-state index in [0.29, 0.717) is 18.0 Å². The van der Waals surface area contributed by atoms with E-state index >= 15 is 0 Å². The van der Waals surface area contributed by atoms with Gasteiger partial charge < -0.3 is 10.6 Å². The Morgan fingerprint density at radius 1 is 1.20 bits per heavy atom. The maximum Gasteiger partial charge on any atom is 0.228 e. The lowest BCUT2D eigenvalue weighted by Gasteiger charge is -2.13. The van der Waals surface area contributed by atoms with Crippen molar-refractivity contribution in [2.75, 3.05) is 11.9 Å². The fraction of sp³-hybridized carbons (Fsp3) is 0.500. The van der Waals surface area contributed by atoms with E-state index in [4.69, 9.17) is 11.6 Å². The van der Waals surface area contributed by atoms with Crippen molar-refractivity contribution in [3.05, 3.63) is 40.4 Å². The third kappa shape index (κ3) is 4.85. The molecule has 2 aliphatic carbocycles. The molecule has 1 fully saturated rings. The Hall–Kier alpha value is -1.81. The number of carbonyl (C=O) groups excluding carboxylic acids is 2. The smallest absolute Gasteiger partial charge is 0.228 e. The summed E-state index contributed by atoms with van der Waals surface area (Å²) >= 11 is 5.93. The van der Waals surface area contributed by atoms with Crippen LogP contribution in [0.3, 0.4) is 0 Å². The Balaban J connectivity index is 1.42. The molecule has 1 saturated carbocycles. The first-order valence-electron chi connectivity index (χ1n) is 9.07. The number of amides is 2. The number of carbonyl (C=O) groups is 2. The van der Waals surface area contributed by atoms with E-state index < -0.39 is 0 Å². The van der Waals surface area contributed by atoms with Gasteiger partial charge in [-0.05, 0) is 69.2 Å². The number of allylic oxidation sites excluding steroid dienone is 1. The van der Waals surface area contributed by atoms with E-state index in [9.17, 15) is 9.59 Å². The van der Waals surface area contributed by atoms with Gasteiger partial charge >= 0.3 is 0 Å². The number of hydrogen-bond donors (Lipinski definition) is 2. The second kappa shape index (κ2) is 8.05. The molecular formula is C20H25ClN2O2. The van der Waals surface area contributed by atoms with Crippen molar-refractivity contribution in [3.8, 4) is 0 Å². The zero-order chi connectivity index (χ0) is 17.8. The first-order chi connectivity index (χ1) is 12.0. The Morgan fingerprint density at radius 2 is 2.00 bits per heavy atom. The van der Waals surface area contributed by atoms with Gasteiger partial charge in [0.25, 0.3) is 0 Å². The number of aryl methyl sites for hydroxylation is 1. The van der Waals surface area contributed by atoms with E-state index in [-0.39, 0.29) is 23.7 Å². The maximum absolute atomic E-state index is 12.3. The molecule has 1 aromatic carbocycles. The number of benzene rings is 1. The van der Waals surface area contributed by atoms with Crippen LogP contribution in [-0.4, -0.2) is 18.4 Å². The molecule has 0 saturated heterocycles. The molecule has 3 rings (SSSR count). The summed E-state index contributed by atoms with van der Waals surface area (Å²) in [6.07, 6.45) is 8.73. The minimum Gasteiger partial charge on any atom is -0.356 e. The number of anilines is 1. The van der Waals surface area contributed by atoms with E-state index in [1.807, 2.05) is 13.0 Å². The van der Waals surface area contributed by atoms with Crippen LogP contribution < -0.4 is 10.6 Å². The van der Waals surface area contributed by atoms with Gasteiger partial charge in [-0.25, -0.2) is 0 Å². The van der Waals surface area contributed by atoms with Crippen LogP contribution in [0, 0.1) is 18.8 Å². The van der Waals surface area contributed by atoms with Gasteiger partial charge in [0.05, 0.1) is 11.8 Å². The molecule has 2 N–H and O–H groups in total. The van der Waals surface area contributed by atoms with Crippen LogP contribution >= 0.6 is 11.6 Å². The average molecular weight is 361 g/mol. The van der Waals surface area contributed by atoms with Crippen molar-refractivity contribution in [1.82, 2.24) is 5.32 Å². The van der Waals surface area contributed by atoms with Crippen LogP contribution in [0.1, 0.15) is 44.1 Å². The Morgan fingerprint density at radius 3 is 2.72 bits per heavy atom. The molecule has 0 aliphatic heterocycles. The SMILES string of the molecule is Cc1cc(Cl)ccc1NC(=O)C1CC1C(=O)NCCC1=CCCCC1. The lowest BCUT2D eigenvalue weighted by atomic mass is 9.97.